The number of nitrogens with one attached hydrogen (secondary N) is 2. The normalized spacial score (nSPS) is 14.4. The van der Waals surface area contributed by atoms with E-state index < -0.39 is 0 Å². The smallest absolute Gasteiger partial charge is 0.191 e. The fraction of sp³-hybridized carbons (Fsp3) is 0.789. The summed E-state index contributed by atoms with van der Waals surface area (Å²) >= 11 is 0. The molecule has 1 aromatic heterocycles. The first-order valence-electron chi connectivity index (χ1n) is 9.64. The Balaban J connectivity index is 2.54. The molecule has 2 unspecified atom stereocenters. The Hall–Kier alpha value is -1.56. The summed E-state index contributed by atoms with van der Waals surface area (Å²) in [6.45, 7) is 14.2. The minimum Gasteiger partial charge on any atom is -0.396 e. The summed E-state index contributed by atoms with van der Waals surface area (Å²) in [6.07, 6.45) is 3.11. The molecule has 0 radical (unpaired) electrons. The first-order valence-corrected chi connectivity index (χ1v) is 9.64. The van der Waals surface area contributed by atoms with Gasteiger partial charge in [-0.15, -0.1) is 0 Å². The standard InChI is InChI=1S/C19H37N5O/c1-6-8-18(9-10-25)13-22-19(20-7-2)21-12-15(3)14-24-17(5)11-16(4)23-24/h11,15,18,25H,6-10,12-14H2,1-5H3,(H2,20,21,22). The molecular formula is C19H37N5O. The third kappa shape index (κ3) is 8.38. The van der Waals surface area contributed by atoms with E-state index in [4.69, 9.17) is 4.99 Å². The van der Waals surface area contributed by atoms with E-state index in [2.05, 4.69) is 54.2 Å². The molecule has 6 heteroatoms. The van der Waals surface area contributed by atoms with Crippen LogP contribution in [-0.4, -0.2) is 47.1 Å². The van der Waals surface area contributed by atoms with Crippen LogP contribution < -0.4 is 10.6 Å². The maximum atomic E-state index is 9.19. The highest BCUT2D eigenvalue weighted by molar-refractivity contribution is 5.79. The minimum absolute atomic E-state index is 0.250. The third-order valence-corrected chi connectivity index (χ3v) is 4.29. The molecule has 3 N–H and O–H groups in total. The van der Waals surface area contributed by atoms with Crippen molar-refractivity contribution in [3.8, 4) is 0 Å². The Labute approximate surface area is 153 Å². The lowest BCUT2D eigenvalue weighted by Gasteiger charge is -2.19. The summed E-state index contributed by atoms with van der Waals surface area (Å²) in [7, 11) is 0. The zero-order valence-electron chi connectivity index (χ0n) is 16.7. The second kappa shape index (κ2) is 11.9. The first kappa shape index (κ1) is 21.5. The molecule has 0 saturated heterocycles. The number of rotatable bonds is 11. The van der Waals surface area contributed by atoms with Gasteiger partial charge in [0.25, 0.3) is 0 Å². The molecule has 0 aliphatic carbocycles. The van der Waals surface area contributed by atoms with E-state index in [9.17, 15) is 5.11 Å². The van der Waals surface area contributed by atoms with Crippen LogP contribution in [0.5, 0.6) is 0 Å². The van der Waals surface area contributed by atoms with Gasteiger partial charge in [-0.25, -0.2) is 0 Å². The fourth-order valence-corrected chi connectivity index (χ4v) is 2.98. The number of aliphatic hydroxyl groups excluding tert-OH is 1. The Kier molecular flexibility index (Phi) is 10.2. The summed E-state index contributed by atoms with van der Waals surface area (Å²) in [5.41, 5.74) is 2.26. The molecular weight excluding hydrogens is 314 g/mol. The van der Waals surface area contributed by atoms with Crippen molar-refractivity contribution >= 4 is 5.96 Å². The van der Waals surface area contributed by atoms with E-state index in [1.807, 2.05) is 6.92 Å². The van der Waals surface area contributed by atoms with E-state index in [1.165, 1.54) is 5.69 Å². The number of guanidine groups is 1. The second-order valence-corrected chi connectivity index (χ2v) is 6.98. The third-order valence-electron chi connectivity index (χ3n) is 4.29. The number of hydrogen-bond acceptors (Lipinski definition) is 3. The van der Waals surface area contributed by atoms with Gasteiger partial charge in [0.15, 0.2) is 5.96 Å². The number of hydrogen-bond donors (Lipinski definition) is 3. The lowest BCUT2D eigenvalue weighted by atomic mass is 10.0. The van der Waals surface area contributed by atoms with Crippen LogP contribution in [0.2, 0.25) is 0 Å². The Morgan fingerprint density at radius 2 is 2.04 bits per heavy atom. The number of aliphatic imine (C=N–C) groups is 1. The minimum atomic E-state index is 0.250. The van der Waals surface area contributed by atoms with Gasteiger partial charge in [-0.1, -0.05) is 20.3 Å². The number of aromatic nitrogens is 2. The van der Waals surface area contributed by atoms with E-state index in [0.29, 0.717) is 11.8 Å². The van der Waals surface area contributed by atoms with Gasteiger partial charge < -0.3 is 15.7 Å². The van der Waals surface area contributed by atoms with Crippen molar-refractivity contribution in [3.05, 3.63) is 17.5 Å². The van der Waals surface area contributed by atoms with Gasteiger partial charge in [0, 0.05) is 38.5 Å². The molecule has 6 nitrogen and oxygen atoms in total. The molecule has 0 aliphatic rings. The molecule has 0 bridgehead atoms. The van der Waals surface area contributed by atoms with E-state index in [0.717, 1.165) is 57.1 Å². The van der Waals surface area contributed by atoms with Crippen molar-refractivity contribution in [3.63, 3.8) is 0 Å². The topological polar surface area (TPSA) is 74.5 Å². The first-order chi connectivity index (χ1) is 12.0. The Bertz CT molecular complexity index is 506. The van der Waals surface area contributed by atoms with Crippen molar-refractivity contribution in [2.45, 2.75) is 60.4 Å². The quantitative estimate of drug-likeness (QED) is 0.423. The van der Waals surface area contributed by atoms with E-state index >= 15 is 0 Å². The predicted octanol–water partition coefficient (Wildman–Crippen LogP) is 2.49. The second-order valence-electron chi connectivity index (χ2n) is 6.98. The highest BCUT2D eigenvalue weighted by Crippen LogP contribution is 2.09. The average molecular weight is 352 g/mol. The largest absolute Gasteiger partial charge is 0.396 e. The number of aliphatic hydroxyl groups is 1. The Morgan fingerprint density at radius 3 is 2.60 bits per heavy atom. The van der Waals surface area contributed by atoms with Gasteiger partial charge in [-0.2, -0.15) is 5.10 Å². The molecule has 144 valence electrons. The van der Waals surface area contributed by atoms with Crippen LogP contribution in [0.1, 0.15) is 51.4 Å². The summed E-state index contributed by atoms with van der Waals surface area (Å²) in [5, 5.41) is 20.5. The van der Waals surface area contributed by atoms with Gasteiger partial charge in [-0.05, 0) is 51.5 Å². The number of nitrogens with zero attached hydrogens (tertiary/aromatic N) is 3. The van der Waals surface area contributed by atoms with Crippen molar-refractivity contribution in [2.75, 3.05) is 26.2 Å². The van der Waals surface area contributed by atoms with Crippen molar-refractivity contribution < 1.29 is 5.11 Å². The van der Waals surface area contributed by atoms with Crippen LogP contribution in [0.4, 0.5) is 0 Å². The fourth-order valence-electron chi connectivity index (χ4n) is 2.98. The molecule has 0 spiro atoms. The van der Waals surface area contributed by atoms with Gasteiger partial charge in [0.05, 0.1) is 5.69 Å². The molecule has 0 amide bonds. The molecule has 25 heavy (non-hydrogen) atoms. The van der Waals surface area contributed by atoms with Crippen LogP contribution in [0.3, 0.4) is 0 Å². The van der Waals surface area contributed by atoms with Crippen LogP contribution >= 0.6 is 0 Å². The number of aryl methyl sites for hydroxylation is 2. The van der Waals surface area contributed by atoms with Gasteiger partial charge in [-0.3, -0.25) is 9.67 Å². The summed E-state index contributed by atoms with van der Waals surface area (Å²) in [5.74, 6) is 1.77. The van der Waals surface area contributed by atoms with E-state index in [1.54, 1.807) is 0 Å². The zero-order valence-corrected chi connectivity index (χ0v) is 16.7. The lowest BCUT2D eigenvalue weighted by molar-refractivity contribution is 0.251. The average Bonchev–Trinajstić information content (AvgIpc) is 2.87. The predicted molar refractivity (Wildman–Crippen MR) is 105 cm³/mol. The molecule has 1 aromatic rings. The van der Waals surface area contributed by atoms with Crippen LogP contribution in [-0.2, 0) is 6.54 Å². The van der Waals surface area contributed by atoms with Crippen molar-refractivity contribution in [2.24, 2.45) is 16.8 Å². The highest BCUT2D eigenvalue weighted by Gasteiger charge is 2.10. The van der Waals surface area contributed by atoms with Gasteiger partial charge in [0.1, 0.15) is 0 Å². The maximum absolute atomic E-state index is 9.19. The van der Waals surface area contributed by atoms with Gasteiger partial charge >= 0.3 is 0 Å². The monoisotopic (exact) mass is 351 g/mol. The maximum Gasteiger partial charge on any atom is 0.191 e. The zero-order chi connectivity index (χ0) is 18.7. The van der Waals surface area contributed by atoms with Gasteiger partial charge in [0.2, 0.25) is 0 Å². The summed E-state index contributed by atoms with van der Waals surface area (Å²) in [6, 6.07) is 2.11. The SMILES string of the molecule is CCCC(CCO)CNC(=NCC(C)Cn1nc(C)cc1C)NCC. The lowest BCUT2D eigenvalue weighted by Crippen LogP contribution is -2.40. The molecule has 2 atom stereocenters. The molecule has 0 aliphatic heterocycles. The molecule has 0 aromatic carbocycles. The molecule has 1 rings (SSSR count). The molecule has 0 saturated carbocycles. The van der Waals surface area contributed by atoms with Crippen LogP contribution in [0.15, 0.2) is 11.1 Å². The molecule has 0 fully saturated rings. The van der Waals surface area contributed by atoms with Crippen molar-refractivity contribution in [1.82, 2.24) is 20.4 Å². The van der Waals surface area contributed by atoms with Crippen LogP contribution in [0, 0.1) is 25.7 Å². The van der Waals surface area contributed by atoms with E-state index in [-0.39, 0.29) is 6.61 Å². The molecule has 1 heterocycles. The Morgan fingerprint density at radius 1 is 1.28 bits per heavy atom. The summed E-state index contributed by atoms with van der Waals surface area (Å²) in [4.78, 5) is 4.73. The summed E-state index contributed by atoms with van der Waals surface area (Å²) < 4.78 is 2.06. The van der Waals surface area contributed by atoms with Crippen molar-refractivity contribution in [1.29, 1.82) is 0 Å². The highest BCUT2D eigenvalue weighted by atomic mass is 16.3. The van der Waals surface area contributed by atoms with Crippen LogP contribution in [0.25, 0.3) is 0 Å².